The van der Waals surface area contributed by atoms with E-state index in [0.29, 0.717) is 22.7 Å². The maximum Gasteiger partial charge on any atom is 0.226 e. The molecule has 8 heteroatoms. The molecule has 0 N–H and O–H groups in total. The van der Waals surface area contributed by atoms with Crippen molar-refractivity contribution in [3.05, 3.63) is 35.9 Å². The fraction of sp³-hybridized carbons (Fsp3) is 0.143. The van der Waals surface area contributed by atoms with E-state index in [-0.39, 0.29) is 5.28 Å². The van der Waals surface area contributed by atoms with E-state index in [1.165, 1.54) is 4.52 Å². The number of para-hydroxylation sites is 1. The molecule has 4 aromatic rings. The van der Waals surface area contributed by atoms with E-state index < -0.39 is 0 Å². The highest BCUT2D eigenvalue weighted by molar-refractivity contribution is 6.29. The van der Waals surface area contributed by atoms with Gasteiger partial charge in [0.1, 0.15) is 11.3 Å². The van der Waals surface area contributed by atoms with E-state index in [0.717, 1.165) is 10.9 Å². The molecule has 0 aliphatic heterocycles. The Bertz CT molecular complexity index is 1010. The molecule has 0 amide bonds. The molecule has 0 radical (unpaired) electrons. The molecule has 0 saturated heterocycles. The van der Waals surface area contributed by atoms with Crippen LogP contribution in [-0.4, -0.2) is 36.5 Å². The number of aryl methyl sites for hydroxylation is 1. The summed E-state index contributed by atoms with van der Waals surface area (Å²) in [5, 5.41) is 9.61. The zero-order valence-corrected chi connectivity index (χ0v) is 12.6. The van der Waals surface area contributed by atoms with Gasteiger partial charge >= 0.3 is 0 Å². The van der Waals surface area contributed by atoms with Gasteiger partial charge in [0.15, 0.2) is 11.5 Å². The number of halogens is 1. The molecule has 0 fully saturated rings. The molecule has 0 aliphatic carbocycles. The first kappa shape index (κ1) is 13.0. The Morgan fingerprint density at radius 3 is 2.82 bits per heavy atom. The highest BCUT2D eigenvalue weighted by Gasteiger charge is 2.16. The summed E-state index contributed by atoms with van der Waals surface area (Å²) in [7, 11) is 3.44. The summed E-state index contributed by atoms with van der Waals surface area (Å²) in [6.45, 7) is 0. The van der Waals surface area contributed by atoms with Crippen molar-refractivity contribution in [2.24, 2.45) is 7.05 Å². The minimum atomic E-state index is 0.231. The molecule has 7 nitrogen and oxygen atoms in total. The number of ether oxygens (including phenoxy) is 1. The number of rotatable bonds is 2. The molecule has 0 aliphatic rings. The standard InChI is InChI=1S/C14H11ClN6O/c1-20-7-8(6-16-20)12-18-13-9-4-3-5-10(22-2)11(9)17-14(15)21(13)19-12/h3-7H,1-2H3. The number of hydrogen-bond acceptors (Lipinski definition) is 5. The van der Waals surface area contributed by atoms with Crippen molar-refractivity contribution in [2.75, 3.05) is 7.11 Å². The lowest BCUT2D eigenvalue weighted by atomic mass is 10.2. The second kappa shape index (κ2) is 4.67. The number of methoxy groups -OCH3 is 1. The molecule has 4 rings (SSSR count). The normalized spacial score (nSPS) is 11.4. The Balaban J connectivity index is 2.06. The Hall–Kier alpha value is -2.67. The molecule has 3 heterocycles. The number of aromatic nitrogens is 6. The maximum absolute atomic E-state index is 6.24. The van der Waals surface area contributed by atoms with Gasteiger partial charge in [-0.05, 0) is 23.7 Å². The molecule has 0 bridgehead atoms. The van der Waals surface area contributed by atoms with Crippen LogP contribution in [0, 0.1) is 0 Å². The minimum Gasteiger partial charge on any atom is -0.494 e. The van der Waals surface area contributed by atoms with Crippen LogP contribution in [0.4, 0.5) is 0 Å². The third kappa shape index (κ3) is 1.82. The molecule has 0 spiro atoms. The highest BCUT2D eigenvalue weighted by atomic mass is 35.5. The zero-order chi connectivity index (χ0) is 15.3. The van der Waals surface area contributed by atoms with Crippen LogP contribution in [0.1, 0.15) is 0 Å². The lowest BCUT2D eigenvalue weighted by Crippen LogP contribution is -1.96. The first-order valence-corrected chi connectivity index (χ1v) is 6.93. The van der Waals surface area contributed by atoms with E-state index in [1.807, 2.05) is 31.4 Å². The second-order valence-corrected chi connectivity index (χ2v) is 5.15. The van der Waals surface area contributed by atoms with Crippen LogP contribution in [0.15, 0.2) is 30.6 Å². The van der Waals surface area contributed by atoms with Gasteiger partial charge in [0.2, 0.25) is 5.28 Å². The topological polar surface area (TPSA) is 70.1 Å². The van der Waals surface area contributed by atoms with Crippen molar-refractivity contribution in [3.63, 3.8) is 0 Å². The molecule has 22 heavy (non-hydrogen) atoms. The monoisotopic (exact) mass is 314 g/mol. The summed E-state index contributed by atoms with van der Waals surface area (Å²) < 4.78 is 8.55. The number of nitrogens with zero attached hydrogens (tertiary/aromatic N) is 6. The lowest BCUT2D eigenvalue weighted by molar-refractivity contribution is 0.419. The number of benzene rings is 1. The third-order valence-corrected chi connectivity index (χ3v) is 3.65. The third-order valence-electron chi connectivity index (χ3n) is 3.41. The van der Waals surface area contributed by atoms with Crippen LogP contribution >= 0.6 is 11.6 Å². The van der Waals surface area contributed by atoms with Gasteiger partial charge in [0.05, 0.1) is 18.9 Å². The summed E-state index contributed by atoms with van der Waals surface area (Å²) >= 11 is 6.24. The van der Waals surface area contributed by atoms with Crippen molar-refractivity contribution < 1.29 is 4.74 Å². The molecule has 1 aromatic carbocycles. The Kier molecular flexibility index (Phi) is 2.77. The second-order valence-electron chi connectivity index (χ2n) is 4.81. The van der Waals surface area contributed by atoms with E-state index in [4.69, 9.17) is 16.3 Å². The average Bonchev–Trinajstić information content (AvgIpc) is 3.13. The van der Waals surface area contributed by atoms with E-state index in [1.54, 1.807) is 18.0 Å². The summed E-state index contributed by atoms with van der Waals surface area (Å²) in [5.41, 5.74) is 2.11. The summed E-state index contributed by atoms with van der Waals surface area (Å²) in [5.74, 6) is 1.19. The zero-order valence-electron chi connectivity index (χ0n) is 11.9. The molecule has 0 unspecified atom stereocenters. The van der Waals surface area contributed by atoms with Crippen LogP contribution in [-0.2, 0) is 7.05 Å². The van der Waals surface area contributed by atoms with Gasteiger partial charge in [-0.2, -0.15) is 9.61 Å². The summed E-state index contributed by atoms with van der Waals surface area (Å²) in [6.07, 6.45) is 3.55. The summed E-state index contributed by atoms with van der Waals surface area (Å²) in [4.78, 5) is 8.95. The van der Waals surface area contributed by atoms with Crippen molar-refractivity contribution in [1.82, 2.24) is 29.4 Å². The van der Waals surface area contributed by atoms with Crippen LogP contribution in [0.3, 0.4) is 0 Å². The quantitative estimate of drug-likeness (QED) is 0.531. The van der Waals surface area contributed by atoms with Crippen LogP contribution < -0.4 is 4.74 Å². The Labute approximate surface area is 130 Å². The van der Waals surface area contributed by atoms with Gasteiger partial charge in [-0.1, -0.05) is 6.07 Å². The van der Waals surface area contributed by atoms with E-state index >= 15 is 0 Å². The largest absolute Gasteiger partial charge is 0.494 e. The van der Waals surface area contributed by atoms with Gasteiger partial charge in [-0.25, -0.2) is 9.97 Å². The smallest absolute Gasteiger partial charge is 0.226 e. The average molecular weight is 315 g/mol. The first-order chi connectivity index (χ1) is 10.7. The van der Waals surface area contributed by atoms with Gasteiger partial charge in [0, 0.05) is 18.6 Å². The van der Waals surface area contributed by atoms with E-state index in [2.05, 4.69) is 20.2 Å². The lowest BCUT2D eigenvalue weighted by Gasteiger charge is -2.05. The first-order valence-electron chi connectivity index (χ1n) is 6.55. The number of hydrogen-bond donors (Lipinski definition) is 0. The Morgan fingerprint density at radius 1 is 1.23 bits per heavy atom. The van der Waals surface area contributed by atoms with Crippen LogP contribution in [0.2, 0.25) is 5.28 Å². The number of fused-ring (bicyclic) bond motifs is 3. The maximum atomic E-state index is 6.24. The van der Waals surface area contributed by atoms with Gasteiger partial charge in [0.25, 0.3) is 0 Å². The van der Waals surface area contributed by atoms with Crippen LogP contribution in [0.25, 0.3) is 27.9 Å². The van der Waals surface area contributed by atoms with Crippen molar-refractivity contribution in [2.45, 2.75) is 0 Å². The van der Waals surface area contributed by atoms with Crippen molar-refractivity contribution >= 4 is 28.2 Å². The molecular formula is C14H11ClN6O. The predicted molar refractivity (Wildman–Crippen MR) is 82.1 cm³/mol. The van der Waals surface area contributed by atoms with Crippen molar-refractivity contribution in [1.29, 1.82) is 0 Å². The molecule has 110 valence electrons. The van der Waals surface area contributed by atoms with Crippen LogP contribution in [0.5, 0.6) is 5.75 Å². The molecule has 0 atom stereocenters. The SMILES string of the molecule is COc1cccc2c1nc(Cl)n1nc(-c3cnn(C)c3)nc21. The highest BCUT2D eigenvalue weighted by Crippen LogP contribution is 2.29. The Morgan fingerprint density at radius 2 is 2.09 bits per heavy atom. The molecular weight excluding hydrogens is 304 g/mol. The minimum absolute atomic E-state index is 0.231. The fourth-order valence-corrected chi connectivity index (χ4v) is 2.60. The van der Waals surface area contributed by atoms with Gasteiger partial charge in [-0.15, -0.1) is 5.10 Å². The van der Waals surface area contributed by atoms with Crippen molar-refractivity contribution in [3.8, 4) is 17.1 Å². The van der Waals surface area contributed by atoms with E-state index in [9.17, 15) is 0 Å². The molecule has 3 aromatic heterocycles. The van der Waals surface area contributed by atoms with Gasteiger partial charge in [-0.3, -0.25) is 4.68 Å². The fourth-order valence-electron chi connectivity index (χ4n) is 2.40. The van der Waals surface area contributed by atoms with Gasteiger partial charge < -0.3 is 4.74 Å². The predicted octanol–water partition coefficient (Wildman–Crippen LogP) is 2.34. The summed E-state index contributed by atoms with van der Waals surface area (Å²) in [6, 6.07) is 5.63. The molecule has 0 saturated carbocycles.